The second-order valence-electron chi connectivity index (χ2n) is 0.232. The van der Waals surface area contributed by atoms with Crippen molar-refractivity contribution in [1.29, 1.82) is 0 Å². The van der Waals surface area contributed by atoms with Gasteiger partial charge in [-0.1, -0.05) is 0 Å². The summed E-state index contributed by atoms with van der Waals surface area (Å²) < 4.78 is 0. The van der Waals surface area contributed by atoms with Gasteiger partial charge in [-0.05, 0) is 18.8 Å². The van der Waals surface area contributed by atoms with Crippen LogP contribution >= 0.6 is 40.0 Å². The number of halogens is 3. The van der Waals surface area contributed by atoms with Gasteiger partial charge in [0.2, 0.25) is 0 Å². The van der Waals surface area contributed by atoms with Gasteiger partial charge in [0.25, 0.3) is 0 Å². The zero-order chi connectivity index (χ0) is 5.41. The van der Waals surface area contributed by atoms with Crippen LogP contribution in [0.4, 0.5) is 0 Å². The molecule has 1 N–H and O–H groups in total. The van der Waals surface area contributed by atoms with E-state index >= 15 is 0 Å². The Morgan fingerprint density at radius 3 is 1.67 bits per heavy atom. The van der Waals surface area contributed by atoms with Crippen molar-refractivity contribution in [2.75, 3.05) is 7.05 Å². The van der Waals surface area contributed by atoms with Gasteiger partial charge in [0, 0.05) is 0 Å². The third kappa shape index (κ3) is 42.8. The van der Waals surface area contributed by atoms with Crippen molar-refractivity contribution in [1.82, 2.24) is 4.84 Å². The quantitative estimate of drug-likeness (QED) is 0.531. The van der Waals surface area contributed by atoms with Crippen molar-refractivity contribution < 1.29 is 11.3 Å². The molecule has 5 heteroatoms. The predicted molar refractivity (Wildman–Crippen MR) is 32.8 cm³/mol. The second-order valence-corrected chi connectivity index (χ2v) is 5.36. The van der Waals surface area contributed by atoms with Crippen molar-refractivity contribution in [3.8, 4) is 0 Å². The molecular formula is CH4Br2ClCuN. The van der Waals surface area contributed by atoms with E-state index in [4.69, 9.17) is 11.8 Å². The summed E-state index contributed by atoms with van der Waals surface area (Å²) in [4.78, 5) is 2.22. The van der Waals surface area contributed by atoms with Crippen LogP contribution in [0.2, 0.25) is 0 Å². The predicted octanol–water partition coefficient (Wildman–Crippen LogP) is 2.05. The van der Waals surface area contributed by atoms with E-state index in [9.17, 15) is 0 Å². The average molecular weight is 289 g/mol. The summed E-state index contributed by atoms with van der Waals surface area (Å²) in [5.41, 5.74) is 0. The van der Waals surface area contributed by atoms with Gasteiger partial charge in [0.05, 0.1) is 0 Å². The molecule has 0 fully saturated rings. The summed E-state index contributed by atoms with van der Waals surface area (Å²) >= 11 is 12.1. The molecule has 0 atom stereocenters. The topological polar surface area (TPSA) is 12.0 Å². The monoisotopic (exact) mass is 286 g/mol. The van der Waals surface area contributed by atoms with E-state index in [1.165, 1.54) is 11.3 Å². The first-order valence-corrected chi connectivity index (χ1v) is 5.95. The maximum atomic E-state index is 4.75. The van der Waals surface area contributed by atoms with Crippen LogP contribution in [0.25, 0.3) is 0 Å². The molecule has 0 amide bonds. The summed E-state index contributed by atoms with van der Waals surface area (Å²) in [7, 11) is 1.64. The van der Waals surface area contributed by atoms with E-state index in [1.807, 2.05) is 0 Å². The summed E-state index contributed by atoms with van der Waals surface area (Å²) in [5, 5.41) is 0. The molecule has 0 aromatic rings. The van der Waals surface area contributed by atoms with E-state index in [-0.39, 0.29) is 0 Å². The molecule has 6 heavy (non-hydrogen) atoms. The van der Waals surface area contributed by atoms with Gasteiger partial charge in [-0.25, -0.2) is 4.84 Å². The Hall–Kier alpha value is 1.73. The van der Waals surface area contributed by atoms with Crippen LogP contribution in [0.15, 0.2) is 0 Å². The molecule has 1 nitrogen and oxygen atoms in total. The van der Waals surface area contributed by atoms with Gasteiger partial charge in [-0.3, -0.25) is 0 Å². The van der Waals surface area contributed by atoms with Gasteiger partial charge >= 0.3 is 39.6 Å². The summed E-state index contributed by atoms with van der Waals surface area (Å²) in [6, 6.07) is 0. The normalized spacial score (nSPS) is 6.67. The first-order chi connectivity index (χ1) is 2.83. The molecule has 0 spiro atoms. The third-order valence-electron chi connectivity index (χ3n) is 0. The Morgan fingerprint density at radius 2 is 1.67 bits per heavy atom. The standard InChI is InChI=1S/CH4ClN.2BrH.Cu/c1-3-2;;;/h3H,1H3;2*1H;/q;;;+2/p-2. The molecule has 0 unspecified atom stereocenters. The molecule has 0 bridgehead atoms. The van der Waals surface area contributed by atoms with Crippen LogP contribution in [0.1, 0.15) is 0 Å². The van der Waals surface area contributed by atoms with Crippen LogP contribution in [0.3, 0.4) is 0 Å². The van der Waals surface area contributed by atoms with E-state index < -0.39 is 0 Å². The fourth-order valence-electron chi connectivity index (χ4n) is 0. The van der Waals surface area contributed by atoms with Crippen molar-refractivity contribution in [2.45, 2.75) is 0 Å². The van der Waals surface area contributed by atoms with Crippen LogP contribution < -0.4 is 4.84 Å². The van der Waals surface area contributed by atoms with Crippen LogP contribution in [0, 0.1) is 0 Å². The molecule has 0 aromatic carbocycles. The van der Waals surface area contributed by atoms with Gasteiger partial charge in [-0.2, -0.15) is 0 Å². The first-order valence-electron chi connectivity index (χ1n) is 0.917. The SMILES string of the molecule is CNCl.[Br][Cu][Br]. The fraction of sp³-hybridized carbons (Fsp3) is 1.00. The van der Waals surface area contributed by atoms with Crippen molar-refractivity contribution in [3.05, 3.63) is 0 Å². The van der Waals surface area contributed by atoms with Crippen molar-refractivity contribution in [3.63, 3.8) is 0 Å². The molecule has 0 aliphatic heterocycles. The number of nitrogens with one attached hydrogen (secondary N) is 1. The minimum atomic E-state index is 1.44. The first kappa shape index (κ1) is 10.7. The molecule has 0 saturated carbocycles. The van der Waals surface area contributed by atoms with Crippen LogP contribution in [-0.2, 0) is 11.3 Å². The third-order valence-corrected chi connectivity index (χ3v) is 0. The van der Waals surface area contributed by atoms with Crippen LogP contribution in [-0.4, -0.2) is 7.05 Å². The summed E-state index contributed by atoms with van der Waals surface area (Å²) in [6.45, 7) is 0. The molecule has 0 heterocycles. The minimum absolute atomic E-state index is 1.44. The molecule has 0 saturated heterocycles. The zero-order valence-electron chi connectivity index (χ0n) is 2.94. The van der Waals surface area contributed by atoms with E-state index in [0.29, 0.717) is 0 Å². The number of hydrogen-bond acceptors (Lipinski definition) is 1. The molecule has 0 radical (unpaired) electrons. The average Bonchev–Trinajstić information content (AvgIpc) is 1.39. The Kier molecular flexibility index (Phi) is 28.2. The Bertz CT molecular complexity index is 15.5. The molecular weight excluding hydrogens is 285 g/mol. The number of rotatable bonds is 0. The maximum absolute atomic E-state index is 4.75. The van der Waals surface area contributed by atoms with E-state index in [1.54, 1.807) is 7.05 Å². The molecule has 0 rings (SSSR count). The molecule has 0 aliphatic carbocycles. The van der Waals surface area contributed by atoms with E-state index in [2.05, 4.69) is 33.1 Å². The Morgan fingerprint density at radius 1 is 1.67 bits per heavy atom. The summed E-state index contributed by atoms with van der Waals surface area (Å²) in [5.74, 6) is 0. The Balaban J connectivity index is 0. The van der Waals surface area contributed by atoms with Crippen LogP contribution in [0.5, 0.6) is 0 Å². The van der Waals surface area contributed by atoms with Gasteiger partial charge in [0.1, 0.15) is 0 Å². The Labute approximate surface area is 62.9 Å². The summed E-state index contributed by atoms with van der Waals surface area (Å²) in [6.07, 6.45) is 0. The molecule has 0 aliphatic rings. The molecule has 0 aromatic heterocycles. The van der Waals surface area contributed by atoms with Crippen molar-refractivity contribution >= 4 is 40.0 Å². The van der Waals surface area contributed by atoms with Crippen molar-refractivity contribution in [2.24, 2.45) is 0 Å². The van der Waals surface area contributed by atoms with Gasteiger partial charge in [0.15, 0.2) is 0 Å². The number of hydrogen-bond donors (Lipinski definition) is 1. The molecule has 45 valence electrons. The fourth-order valence-corrected chi connectivity index (χ4v) is 0. The zero-order valence-corrected chi connectivity index (χ0v) is 7.80. The van der Waals surface area contributed by atoms with Gasteiger partial charge in [-0.15, -0.1) is 0 Å². The van der Waals surface area contributed by atoms with Gasteiger partial charge < -0.3 is 0 Å². The second kappa shape index (κ2) is 15.9. The van der Waals surface area contributed by atoms with E-state index in [0.717, 1.165) is 0 Å².